The number of rotatable bonds is 7. The second-order valence-electron chi connectivity index (χ2n) is 7.12. The first-order valence-electron chi connectivity index (χ1n) is 9.73. The first-order valence-corrected chi connectivity index (χ1v) is 11.8. The molecule has 0 saturated carbocycles. The van der Waals surface area contributed by atoms with Crippen molar-refractivity contribution in [3.8, 4) is 0 Å². The van der Waals surface area contributed by atoms with Crippen LogP contribution in [-0.4, -0.2) is 41.9 Å². The molecule has 4 nitrogen and oxygen atoms in total. The number of benzene rings is 1. The van der Waals surface area contributed by atoms with Crippen molar-refractivity contribution in [1.82, 2.24) is 15.3 Å². The maximum atomic E-state index is 13.0. The van der Waals surface area contributed by atoms with Gasteiger partial charge in [0.25, 0.3) is 0 Å². The number of aryl methyl sites for hydroxylation is 1. The van der Waals surface area contributed by atoms with Crippen molar-refractivity contribution < 1.29 is 4.39 Å². The van der Waals surface area contributed by atoms with Crippen LogP contribution in [0.1, 0.15) is 24.8 Å². The Morgan fingerprint density at radius 3 is 2.75 bits per heavy atom. The van der Waals surface area contributed by atoms with Crippen LogP contribution in [0.2, 0.25) is 0 Å². The summed E-state index contributed by atoms with van der Waals surface area (Å²) in [6, 6.07) is 7.40. The molecule has 3 heterocycles. The van der Waals surface area contributed by atoms with Crippen LogP contribution in [-0.2, 0) is 6.42 Å². The lowest BCUT2D eigenvalue weighted by Gasteiger charge is -2.33. The van der Waals surface area contributed by atoms with Gasteiger partial charge >= 0.3 is 0 Å². The van der Waals surface area contributed by atoms with Crippen molar-refractivity contribution in [2.45, 2.75) is 36.6 Å². The highest BCUT2D eigenvalue weighted by Crippen LogP contribution is 2.36. The molecule has 1 aliphatic rings. The van der Waals surface area contributed by atoms with Gasteiger partial charge in [0.05, 0.1) is 4.70 Å². The standard InChI is InChI=1S/C21H25FN4S2/c1-27-18-13-28-20-19(18)24-14-25-21(20)26-11-8-17(9-12-26)23-10-2-3-15-4-6-16(22)7-5-15/h4-7,13-14,17,23H,2-3,8-12H2,1H3. The summed E-state index contributed by atoms with van der Waals surface area (Å²) < 4.78 is 14.2. The van der Waals surface area contributed by atoms with E-state index in [0.717, 1.165) is 56.7 Å². The molecule has 3 aromatic rings. The highest BCUT2D eigenvalue weighted by Gasteiger charge is 2.22. The Bertz CT molecular complexity index is 904. The van der Waals surface area contributed by atoms with Crippen molar-refractivity contribution in [2.75, 3.05) is 30.8 Å². The molecular weight excluding hydrogens is 391 g/mol. The van der Waals surface area contributed by atoms with Crippen molar-refractivity contribution >= 4 is 39.1 Å². The van der Waals surface area contributed by atoms with Gasteiger partial charge in [0, 0.05) is 29.4 Å². The molecule has 7 heteroatoms. The van der Waals surface area contributed by atoms with Gasteiger partial charge in [0.1, 0.15) is 23.5 Å². The summed E-state index contributed by atoms with van der Waals surface area (Å²) in [5, 5.41) is 5.87. The number of hydrogen-bond acceptors (Lipinski definition) is 6. The normalized spacial score (nSPS) is 15.4. The van der Waals surface area contributed by atoms with Gasteiger partial charge in [-0.3, -0.25) is 0 Å². The maximum absolute atomic E-state index is 13.0. The van der Waals surface area contributed by atoms with Crippen molar-refractivity contribution in [3.05, 3.63) is 47.4 Å². The highest BCUT2D eigenvalue weighted by atomic mass is 32.2. The van der Waals surface area contributed by atoms with Crippen LogP contribution in [0.25, 0.3) is 10.2 Å². The van der Waals surface area contributed by atoms with Gasteiger partial charge in [-0.2, -0.15) is 0 Å². The third-order valence-corrected chi connectivity index (χ3v) is 7.17. The van der Waals surface area contributed by atoms with Gasteiger partial charge in [0.2, 0.25) is 0 Å². The molecule has 0 spiro atoms. The first-order chi connectivity index (χ1) is 13.7. The van der Waals surface area contributed by atoms with E-state index < -0.39 is 0 Å². The average molecular weight is 417 g/mol. The Labute approximate surface area is 173 Å². The minimum Gasteiger partial charge on any atom is -0.355 e. The van der Waals surface area contributed by atoms with Crippen molar-refractivity contribution in [2.24, 2.45) is 0 Å². The molecule has 28 heavy (non-hydrogen) atoms. The molecule has 0 aliphatic carbocycles. The fraction of sp³-hybridized carbons (Fsp3) is 0.429. The molecule has 2 aromatic heterocycles. The molecule has 0 amide bonds. The van der Waals surface area contributed by atoms with E-state index in [0.29, 0.717) is 6.04 Å². The van der Waals surface area contributed by atoms with E-state index in [2.05, 4.69) is 31.8 Å². The molecule has 1 saturated heterocycles. The molecule has 0 bridgehead atoms. The maximum Gasteiger partial charge on any atom is 0.150 e. The molecule has 148 valence electrons. The predicted octanol–water partition coefficient (Wildman–Crippen LogP) is 4.74. The summed E-state index contributed by atoms with van der Waals surface area (Å²) in [6.45, 7) is 3.05. The first kappa shape index (κ1) is 19.6. The largest absolute Gasteiger partial charge is 0.355 e. The van der Waals surface area contributed by atoms with Crippen LogP contribution in [0, 0.1) is 5.82 Å². The van der Waals surface area contributed by atoms with Crippen LogP contribution >= 0.6 is 23.1 Å². The van der Waals surface area contributed by atoms with Gasteiger partial charge in [-0.15, -0.1) is 23.1 Å². The van der Waals surface area contributed by atoms with Crippen LogP contribution in [0.15, 0.2) is 40.9 Å². The second-order valence-corrected chi connectivity index (χ2v) is 8.85. The average Bonchev–Trinajstić information content (AvgIpc) is 3.16. The van der Waals surface area contributed by atoms with Crippen LogP contribution in [0.4, 0.5) is 10.2 Å². The lowest BCUT2D eigenvalue weighted by Crippen LogP contribution is -2.43. The van der Waals surface area contributed by atoms with E-state index in [-0.39, 0.29) is 5.82 Å². The smallest absolute Gasteiger partial charge is 0.150 e. The van der Waals surface area contributed by atoms with E-state index in [4.69, 9.17) is 0 Å². The fourth-order valence-electron chi connectivity index (χ4n) is 3.73. The molecule has 0 unspecified atom stereocenters. The topological polar surface area (TPSA) is 41.0 Å². The summed E-state index contributed by atoms with van der Waals surface area (Å²) in [5.41, 5.74) is 2.29. The lowest BCUT2D eigenvalue weighted by atomic mass is 10.0. The monoisotopic (exact) mass is 416 g/mol. The van der Waals surface area contributed by atoms with Gasteiger partial charge in [-0.1, -0.05) is 12.1 Å². The Kier molecular flexibility index (Phi) is 6.44. The molecule has 0 atom stereocenters. The Morgan fingerprint density at radius 1 is 1.21 bits per heavy atom. The fourth-order valence-corrected chi connectivity index (χ4v) is 5.57. The van der Waals surface area contributed by atoms with Crippen LogP contribution in [0.3, 0.4) is 0 Å². The van der Waals surface area contributed by atoms with Crippen LogP contribution in [0.5, 0.6) is 0 Å². The molecule has 1 N–H and O–H groups in total. The SMILES string of the molecule is CSc1csc2c(N3CCC(NCCCc4ccc(F)cc4)CC3)ncnc12. The van der Waals surface area contributed by atoms with E-state index in [1.807, 2.05) is 12.1 Å². The number of anilines is 1. The molecule has 1 fully saturated rings. The summed E-state index contributed by atoms with van der Waals surface area (Å²) >= 11 is 3.49. The van der Waals surface area contributed by atoms with Gasteiger partial charge in [-0.05, 0) is 56.2 Å². The summed E-state index contributed by atoms with van der Waals surface area (Å²) in [7, 11) is 0. The zero-order valence-corrected chi connectivity index (χ0v) is 17.7. The van der Waals surface area contributed by atoms with Crippen LogP contribution < -0.4 is 10.2 Å². The van der Waals surface area contributed by atoms with Gasteiger partial charge < -0.3 is 10.2 Å². The quantitative estimate of drug-likeness (QED) is 0.445. The number of nitrogens with zero attached hydrogens (tertiary/aromatic N) is 3. The second kappa shape index (κ2) is 9.20. The lowest BCUT2D eigenvalue weighted by molar-refractivity contribution is 0.412. The third kappa shape index (κ3) is 4.47. The molecule has 1 aromatic carbocycles. The van der Waals surface area contributed by atoms with E-state index in [1.165, 1.54) is 15.2 Å². The van der Waals surface area contributed by atoms with Crippen molar-refractivity contribution in [3.63, 3.8) is 0 Å². The highest BCUT2D eigenvalue weighted by molar-refractivity contribution is 7.99. The number of piperidine rings is 1. The minimum absolute atomic E-state index is 0.165. The number of thioether (sulfide) groups is 1. The number of aromatic nitrogens is 2. The number of halogens is 1. The van der Waals surface area contributed by atoms with Gasteiger partial charge in [-0.25, -0.2) is 14.4 Å². The zero-order valence-electron chi connectivity index (χ0n) is 16.0. The van der Waals surface area contributed by atoms with E-state index in [9.17, 15) is 4.39 Å². The summed E-state index contributed by atoms with van der Waals surface area (Å²) in [5.74, 6) is 0.923. The Hall–Kier alpha value is -1.70. The Morgan fingerprint density at radius 2 is 2.00 bits per heavy atom. The van der Waals surface area contributed by atoms with Crippen molar-refractivity contribution in [1.29, 1.82) is 0 Å². The predicted molar refractivity (Wildman–Crippen MR) is 117 cm³/mol. The van der Waals surface area contributed by atoms with Gasteiger partial charge in [0.15, 0.2) is 0 Å². The number of thiophene rings is 1. The molecule has 1 aliphatic heterocycles. The zero-order chi connectivity index (χ0) is 19.3. The number of nitrogens with one attached hydrogen (secondary N) is 1. The van der Waals surface area contributed by atoms with E-state index >= 15 is 0 Å². The third-order valence-electron chi connectivity index (χ3n) is 5.31. The molecular formula is C21H25FN4S2. The summed E-state index contributed by atoms with van der Waals surface area (Å²) in [4.78, 5) is 12.7. The van der Waals surface area contributed by atoms with E-state index in [1.54, 1.807) is 41.6 Å². The number of hydrogen-bond donors (Lipinski definition) is 1. The Balaban J connectivity index is 1.26. The molecule has 4 rings (SSSR count). The summed E-state index contributed by atoms with van der Waals surface area (Å²) in [6.07, 6.45) is 8.11. The number of fused-ring (bicyclic) bond motifs is 1. The molecule has 0 radical (unpaired) electrons. The minimum atomic E-state index is -0.165.